The smallest absolute Gasteiger partial charge is 0.113 e. The van der Waals surface area contributed by atoms with Crippen molar-refractivity contribution >= 4 is 0 Å². The van der Waals surface area contributed by atoms with Crippen molar-refractivity contribution in [1.29, 1.82) is 5.26 Å². The molecule has 5 unspecified atom stereocenters. The van der Waals surface area contributed by atoms with Gasteiger partial charge in [-0.25, -0.2) is 0 Å². The van der Waals surface area contributed by atoms with E-state index in [2.05, 4.69) is 25.1 Å². The quantitative estimate of drug-likeness (QED) is 0.609. The second-order valence-corrected chi connectivity index (χ2v) is 7.57. The largest absolute Gasteiger partial charge is 0.394 e. The first kappa shape index (κ1) is 21.4. The monoisotopic (exact) mass is 397 g/mol. The van der Waals surface area contributed by atoms with Gasteiger partial charge in [0.15, 0.2) is 0 Å². The molecule has 1 aliphatic heterocycles. The van der Waals surface area contributed by atoms with Gasteiger partial charge in [0.1, 0.15) is 30.5 Å². The number of hydrogen-bond acceptors (Lipinski definition) is 6. The van der Waals surface area contributed by atoms with Crippen LogP contribution in [0, 0.1) is 18.3 Å². The number of nitriles is 1. The van der Waals surface area contributed by atoms with Crippen LogP contribution in [0.15, 0.2) is 36.4 Å². The number of nitrogens with zero attached hydrogens (tertiary/aromatic N) is 1. The van der Waals surface area contributed by atoms with E-state index in [0.717, 1.165) is 23.1 Å². The predicted molar refractivity (Wildman–Crippen MR) is 107 cm³/mol. The van der Waals surface area contributed by atoms with Crippen molar-refractivity contribution in [3.8, 4) is 6.07 Å². The maximum atomic E-state index is 10.5. The zero-order chi connectivity index (χ0) is 21.1. The van der Waals surface area contributed by atoms with E-state index >= 15 is 0 Å². The van der Waals surface area contributed by atoms with Crippen molar-refractivity contribution in [2.24, 2.45) is 0 Å². The van der Waals surface area contributed by atoms with Crippen LogP contribution in [0.2, 0.25) is 0 Å². The standard InChI is InChI=1S/C23H27NO5/c1-3-14-4-6-15(7-5-14)9-16-10-18(13(2)8-17(16)11-24)23-22(28)21(27)20(26)19(12-25)29-23/h4-8,10,19-23,25-28H,3,9,12H2,1-2H3. The molecule has 5 atom stereocenters. The van der Waals surface area contributed by atoms with Gasteiger partial charge in [-0.1, -0.05) is 37.3 Å². The number of hydrogen-bond donors (Lipinski definition) is 4. The van der Waals surface area contributed by atoms with Crippen molar-refractivity contribution in [3.63, 3.8) is 0 Å². The van der Waals surface area contributed by atoms with Gasteiger partial charge in [0.05, 0.1) is 18.2 Å². The summed E-state index contributed by atoms with van der Waals surface area (Å²) in [5.41, 5.74) is 4.98. The first-order chi connectivity index (χ1) is 13.9. The van der Waals surface area contributed by atoms with E-state index in [1.165, 1.54) is 5.56 Å². The van der Waals surface area contributed by atoms with Crippen LogP contribution in [-0.4, -0.2) is 51.4 Å². The number of rotatable bonds is 5. The topological polar surface area (TPSA) is 114 Å². The third kappa shape index (κ3) is 4.35. The first-order valence-corrected chi connectivity index (χ1v) is 9.81. The lowest BCUT2D eigenvalue weighted by Crippen LogP contribution is -2.55. The summed E-state index contributed by atoms with van der Waals surface area (Å²) in [7, 11) is 0. The summed E-state index contributed by atoms with van der Waals surface area (Å²) < 4.78 is 5.71. The van der Waals surface area contributed by atoms with E-state index in [4.69, 9.17) is 4.74 Å². The molecule has 1 aliphatic rings. The molecule has 1 heterocycles. The SMILES string of the molecule is CCc1ccc(Cc2cc(C3OC(CO)C(O)C(O)C3O)c(C)cc2C#N)cc1. The fourth-order valence-electron chi connectivity index (χ4n) is 3.80. The van der Waals surface area contributed by atoms with Crippen LogP contribution >= 0.6 is 0 Å². The minimum absolute atomic E-state index is 0.479. The summed E-state index contributed by atoms with van der Waals surface area (Å²) in [6, 6.07) is 14.0. The molecule has 0 radical (unpaired) electrons. The Hall–Kier alpha value is -2.27. The van der Waals surface area contributed by atoms with E-state index in [1.807, 2.05) is 18.2 Å². The molecular weight excluding hydrogens is 370 g/mol. The fourth-order valence-corrected chi connectivity index (χ4v) is 3.80. The molecular formula is C23H27NO5. The Balaban J connectivity index is 1.97. The minimum Gasteiger partial charge on any atom is -0.394 e. The number of aryl methyl sites for hydroxylation is 2. The summed E-state index contributed by atoms with van der Waals surface area (Å²) in [4.78, 5) is 0. The average molecular weight is 397 g/mol. The van der Waals surface area contributed by atoms with Crippen molar-refractivity contribution < 1.29 is 25.2 Å². The van der Waals surface area contributed by atoms with E-state index in [9.17, 15) is 25.7 Å². The van der Waals surface area contributed by atoms with E-state index in [0.29, 0.717) is 17.5 Å². The molecule has 4 N–H and O–H groups in total. The summed E-state index contributed by atoms with van der Waals surface area (Å²) in [5.74, 6) is 0. The molecule has 2 aromatic rings. The number of ether oxygens (including phenoxy) is 1. The molecule has 29 heavy (non-hydrogen) atoms. The van der Waals surface area contributed by atoms with E-state index < -0.39 is 37.1 Å². The molecule has 0 saturated carbocycles. The van der Waals surface area contributed by atoms with Crippen molar-refractivity contribution in [2.75, 3.05) is 6.61 Å². The molecule has 0 bridgehead atoms. The highest BCUT2D eigenvalue weighted by atomic mass is 16.5. The van der Waals surface area contributed by atoms with Gasteiger partial charge in [0, 0.05) is 0 Å². The Morgan fingerprint density at radius 1 is 1.00 bits per heavy atom. The Morgan fingerprint density at radius 3 is 2.24 bits per heavy atom. The molecule has 154 valence electrons. The van der Waals surface area contributed by atoms with Gasteiger partial charge in [0.2, 0.25) is 0 Å². The Morgan fingerprint density at radius 2 is 1.66 bits per heavy atom. The molecule has 0 aliphatic carbocycles. The van der Waals surface area contributed by atoms with Crippen molar-refractivity contribution in [2.45, 2.75) is 57.2 Å². The number of aliphatic hydroxyl groups excluding tert-OH is 4. The summed E-state index contributed by atoms with van der Waals surface area (Å²) in [6.07, 6.45) is -4.59. The third-order valence-electron chi connectivity index (χ3n) is 5.64. The molecule has 6 nitrogen and oxygen atoms in total. The van der Waals surface area contributed by atoms with Gasteiger partial charge in [-0.3, -0.25) is 0 Å². The third-order valence-corrected chi connectivity index (χ3v) is 5.64. The van der Waals surface area contributed by atoms with Gasteiger partial charge >= 0.3 is 0 Å². The molecule has 1 saturated heterocycles. The second-order valence-electron chi connectivity index (χ2n) is 7.57. The summed E-state index contributed by atoms with van der Waals surface area (Å²) in [6.45, 7) is 3.42. The van der Waals surface area contributed by atoms with Crippen molar-refractivity contribution in [1.82, 2.24) is 0 Å². The van der Waals surface area contributed by atoms with Crippen molar-refractivity contribution in [3.05, 3.63) is 69.8 Å². The average Bonchev–Trinajstić information content (AvgIpc) is 2.74. The van der Waals surface area contributed by atoms with Gasteiger partial charge < -0.3 is 25.2 Å². The first-order valence-electron chi connectivity index (χ1n) is 9.81. The lowest BCUT2D eigenvalue weighted by molar-refractivity contribution is -0.231. The van der Waals surface area contributed by atoms with E-state index in [1.54, 1.807) is 13.0 Å². The van der Waals surface area contributed by atoms with Crippen LogP contribution in [0.5, 0.6) is 0 Å². The summed E-state index contributed by atoms with van der Waals surface area (Å²) in [5, 5.41) is 49.7. The molecule has 0 spiro atoms. The number of benzene rings is 2. The fraction of sp³-hybridized carbons (Fsp3) is 0.435. The van der Waals surface area contributed by atoms with Crippen LogP contribution < -0.4 is 0 Å². The van der Waals surface area contributed by atoms with Crippen LogP contribution in [0.25, 0.3) is 0 Å². The minimum atomic E-state index is -1.44. The highest BCUT2D eigenvalue weighted by Crippen LogP contribution is 2.35. The zero-order valence-electron chi connectivity index (χ0n) is 16.6. The molecule has 6 heteroatoms. The highest BCUT2D eigenvalue weighted by Gasteiger charge is 2.44. The van der Waals surface area contributed by atoms with Gasteiger partial charge in [-0.05, 0) is 53.6 Å². The van der Waals surface area contributed by atoms with Crippen LogP contribution in [0.1, 0.15) is 46.4 Å². The maximum absolute atomic E-state index is 10.5. The van der Waals surface area contributed by atoms with Gasteiger partial charge in [0.25, 0.3) is 0 Å². The zero-order valence-corrected chi connectivity index (χ0v) is 16.6. The second kappa shape index (κ2) is 9.04. The molecule has 0 amide bonds. The van der Waals surface area contributed by atoms with Gasteiger partial charge in [-0.2, -0.15) is 5.26 Å². The van der Waals surface area contributed by atoms with Crippen LogP contribution in [-0.2, 0) is 17.6 Å². The predicted octanol–water partition coefficient (Wildman–Crippen LogP) is 1.53. The summed E-state index contributed by atoms with van der Waals surface area (Å²) >= 11 is 0. The van der Waals surface area contributed by atoms with Crippen LogP contribution in [0.4, 0.5) is 0 Å². The lowest BCUT2D eigenvalue weighted by Gasteiger charge is -2.40. The molecule has 0 aromatic heterocycles. The Bertz CT molecular complexity index is 887. The molecule has 1 fully saturated rings. The number of aliphatic hydroxyl groups is 4. The molecule has 2 aromatic carbocycles. The molecule has 3 rings (SSSR count). The normalized spacial score (nSPS) is 26.9. The highest BCUT2D eigenvalue weighted by molar-refractivity contribution is 5.47. The Kier molecular flexibility index (Phi) is 6.68. The lowest BCUT2D eigenvalue weighted by atomic mass is 9.86. The van der Waals surface area contributed by atoms with Gasteiger partial charge in [-0.15, -0.1) is 0 Å². The Labute approximate surface area is 170 Å². The van der Waals surface area contributed by atoms with E-state index in [-0.39, 0.29) is 0 Å². The van der Waals surface area contributed by atoms with Crippen LogP contribution in [0.3, 0.4) is 0 Å². The maximum Gasteiger partial charge on any atom is 0.113 e.